The van der Waals surface area contributed by atoms with Crippen molar-refractivity contribution in [1.29, 1.82) is 0 Å². The van der Waals surface area contributed by atoms with Crippen LogP contribution in [-0.4, -0.2) is 29.6 Å². The van der Waals surface area contributed by atoms with Gasteiger partial charge in [-0.05, 0) is 24.6 Å². The Morgan fingerprint density at radius 3 is 2.19 bits per heavy atom. The van der Waals surface area contributed by atoms with E-state index in [4.69, 9.17) is 10.7 Å². The van der Waals surface area contributed by atoms with E-state index < -0.39 is 54.4 Å². The molecule has 11 heteroatoms. The molecule has 0 bridgehead atoms. The predicted molar refractivity (Wildman–Crippen MR) is 70.0 cm³/mol. The summed E-state index contributed by atoms with van der Waals surface area (Å²) >= 11 is 0. The van der Waals surface area contributed by atoms with Crippen molar-refractivity contribution >= 4 is 29.8 Å². The quantitative estimate of drug-likeness (QED) is 0.619. The summed E-state index contributed by atoms with van der Waals surface area (Å²) in [5, 5.41) is 0. The van der Waals surface area contributed by atoms with E-state index in [1.54, 1.807) is 0 Å². The first-order valence-corrected chi connectivity index (χ1v) is 9.32. The van der Waals surface area contributed by atoms with E-state index in [9.17, 15) is 30.0 Å². The van der Waals surface area contributed by atoms with Gasteiger partial charge in [0.15, 0.2) is 0 Å². The summed E-state index contributed by atoms with van der Waals surface area (Å²) in [6.45, 7) is -0.417. The molecule has 1 aromatic rings. The fourth-order valence-electron chi connectivity index (χ4n) is 1.37. The zero-order valence-corrected chi connectivity index (χ0v) is 12.8. The van der Waals surface area contributed by atoms with Crippen LogP contribution in [0.2, 0.25) is 0 Å². The molecule has 0 saturated carbocycles. The average molecular weight is 366 g/mol. The number of hydrogen-bond donors (Lipinski definition) is 1. The third kappa shape index (κ3) is 6.20. The Hall–Kier alpha value is -0.840. The first kappa shape index (κ1) is 18.2. The standard InChI is InChI=1S/C10H11ClF3NO4S2/c11-20(16,17)8-3-1-4-9(7-8)21(18,19)15-6-2-5-10(12,13)14/h1,3-4,7,15H,2,5-6H2. The van der Waals surface area contributed by atoms with Crippen LogP contribution in [0.25, 0.3) is 0 Å². The van der Waals surface area contributed by atoms with Crippen LogP contribution in [0.1, 0.15) is 12.8 Å². The minimum atomic E-state index is -4.36. The molecule has 0 atom stereocenters. The van der Waals surface area contributed by atoms with Gasteiger partial charge in [0.2, 0.25) is 10.0 Å². The maximum Gasteiger partial charge on any atom is 0.389 e. The summed E-state index contributed by atoms with van der Waals surface area (Å²) in [6.07, 6.45) is -5.90. The topological polar surface area (TPSA) is 80.3 Å². The van der Waals surface area contributed by atoms with Crippen LogP contribution in [-0.2, 0) is 19.1 Å². The lowest BCUT2D eigenvalue weighted by Crippen LogP contribution is -2.26. The molecule has 0 unspecified atom stereocenters. The van der Waals surface area contributed by atoms with Crippen molar-refractivity contribution < 1.29 is 30.0 Å². The minimum Gasteiger partial charge on any atom is -0.211 e. The molecule has 0 fully saturated rings. The molecule has 0 heterocycles. The van der Waals surface area contributed by atoms with Gasteiger partial charge in [-0.1, -0.05) is 6.07 Å². The second-order valence-electron chi connectivity index (χ2n) is 4.03. The van der Waals surface area contributed by atoms with Crippen LogP contribution in [0.4, 0.5) is 13.2 Å². The first-order chi connectivity index (χ1) is 9.42. The number of halogens is 4. The molecule has 0 spiro atoms. The highest BCUT2D eigenvalue weighted by Gasteiger charge is 2.26. The van der Waals surface area contributed by atoms with E-state index in [1.165, 1.54) is 6.07 Å². The first-order valence-electron chi connectivity index (χ1n) is 5.53. The van der Waals surface area contributed by atoms with Crippen molar-refractivity contribution in [3.8, 4) is 0 Å². The molecule has 0 amide bonds. The molecule has 1 rings (SSSR count). The molecule has 1 N–H and O–H groups in total. The number of alkyl halides is 3. The van der Waals surface area contributed by atoms with Gasteiger partial charge < -0.3 is 0 Å². The minimum absolute atomic E-state index is 0.392. The lowest BCUT2D eigenvalue weighted by atomic mass is 10.3. The highest BCUT2D eigenvalue weighted by molar-refractivity contribution is 8.13. The molecule has 0 aliphatic rings. The summed E-state index contributed by atoms with van der Waals surface area (Å²) in [5.41, 5.74) is 0. The van der Waals surface area contributed by atoms with Gasteiger partial charge in [0.1, 0.15) is 0 Å². The molecule has 0 aliphatic carbocycles. The predicted octanol–water partition coefficient (Wildman–Crippen LogP) is 2.23. The lowest BCUT2D eigenvalue weighted by molar-refractivity contribution is -0.135. The van der Waals surface area contributed by atoms with Crippen LogP contribution in [0.5, 0.6) is 0 Å². The molecule has 0 saturated heterocycles. The normalized spacial score (nSPS) is 13.3. The fourth-order valence-corrected chi connectivity index (χ4v) is 3.36. The molecule has 21 heavy (non-hydrogen) atoms. The van der Waals surface area contributed by atoms with Crippen molar-refractivity contribution in [2.24, 2.45) is 0 Å². The van der Waals surface area contributed by atoms with E-state index in [-0.39, 0.29) is 0 Å². The van der Waals surface area contributed by atoms with Gasteiger partial charge in [-0.3, -0.25) is 0 Å². The lowest BCUT2D eigenvalue weighted by Gasteiger charge is -2.09. The number of benzene rings is 1. The number of rotatable bonds is 6. The van der Waals surface area contributed by atoms with Crippen molar-refractivity contribution in [2.75, 3.05) is 6.54 Å². The summed E-state index contributed by atoms with van der Waals surface area (Å²) in [7, 11) is -3.11. The summed E-state index contributed by atoms with van der Waals surface area (Å²) in [5.74, 6) is 0. The van der Waals surface area contributed by atoms with Crippen LogP contribution < -0.4 is 4.72 Å². The SMILES string of the molecule is O=S(=O)(Cl)c1cccc(S(=O)(=O)NCCCC(F)(F)F)c1. The van der Waals surface area contributed by atoms with E-state index in [0.717, 1.165) is 18.2 Å². The van der Waals surface area contributed by atoms with Gasteiger partial charge in [0.05, 0.1) is 9.79 Å². The Bertz CT molecular complexity index is 701. The third-order valence-electron chi connectivity index (χ3n) is 2.33. The highest BCUT2D eigenvalue weighted by Crippen LogP contribution is 2.21. The second-order valence-corrected chi connectivity index (χ2v) is 8.36. The molecule has 5 nitrogen and oxygen atoms in total. The molecule has 0 aliphatic heterocycles. The van der Waals surface area contributed by atoms with Crippen LogP contribution >= 0.6 is 10.7 Å². The molecular weight excluding hydrogens is 355 g/mol. The van der Waals surface area contributed by atoms with Gasteiger partial charge in [0.25, 0.3) is 9.05 Å². The number of sulfonamides is 1. The Morgan fingerprint density at radius 2 is 1.67 bits per heavy atom. The highest BCUT2D eigenvalue weighted by atomic mass is 35.7. The Balaban J connectivity index is 2.80. The van der Waals surface area contributed by atoms with Gasteiger partial charge in [-0.25, -0.2) is 21.6 Å². The fraction of sp³-hybridized carbons (Fsp3) is 0.400. The monoisotopic (exact) mass is 365 g/mol. The zero-order valence-electron chi connectivity index (χ0n) is 10.4. The molecule has 1 aromatic carbocycles. The van der Waals surface area contributed by atoms with Gasteiger partial charge >= 0.3 is 6.18 Å². The summed E-state index contributed by atoms with van der Waals surface area (Å²) < 4.78 is 83.6. The zero-order chi connectivity index (χ0) is 16.3. The second kappa shape index (κ2) is 6.51. The Labute approximate surface area is 124 Å². The van der Waals surface area contributed by atoms with Crippen molar-refractivity contribution in [3.63, 3.8) is 0 Å². The Kier molecular flexibility index (Phi) is 5.64. The molecule has 120 valence electrons. The van der Waals surface area contributed by atoms with Crippen molar-refractivity contribution in [1.82, 2.24) is 4.72 Å². The largest absolute Gasteiger partial charge is 0.389 e. The number of hydrogen-bond acceptors (Lipinski definition) is 4. The Morgan fingerprint density at radius 1 is 1.10 bits per heavy atom. The van der Waals surface area contributed by atoms with Gasteiger partial charge in [0, 0.05) is 23.6 Å². The van der Waals surface area contributed by atoms with Crippen LogP contribution in [0.15, 0.2) is 34.1 Å². The van der Waals surface area contributed by atoms with E-state index in [1.807, 2.05) is 4.72 Å². The van der Waals surface area contributed by atoms with E-state index in [0.29, 0.717) is 0 Å². The summed E-state index contributed by atoms with van der Waals surface area (Å²) in [4.78, 5) is -0.807. The van der Waals surface area contributed by atoms with Gasteiger partial charge in [-0.15, -0.1) is 0 Å². The van der Waals surface area contributed by atoms with Crippen molar-refractivity contribution in [3.05, 3.63) is 24.3 Å². The molecule has 0 radical (unpaired) electrons. The van der Waals surface area contributed by atoms with Gasteiger partial charge in [-0.2, -0.15) is 13.2 Å². The van der Waals surface area contributed by atoms with Crippen LogP contribution in [0.3, 0.4) is 0 Å². The molecular formula is C10H11ClF3NO4S2. The van der Waals surface area contributed by atoms with E-state index >= 15 is 0 Å². The number of nitrogens with one attached hydrogen (secondary N) is 1. The average Bonchev–Trinajstić information content (AvgIpc) is 2.33. The maximum atomic E-state index is 11.9. The maximum absolute atomic E-state index is 11.9. The van der Waals surface area contributed by atoms with E-state index in [2.05, 4.69) is 0 Å². The summed E-state index contributed by atoms with van der Waals surface area (Å²) in [6, 6.07) is 4.20. The third-order valence-corrected chi connectivity index (χ3v) is 5.14. The smallest absolute Gasteiger partial charge is 0.211 e. The van der Waals surface area contributed by atoms with Crippen molar-refractivity contribution in [2.45, 2.75) is 28.8 Å². The van der Waals surface area contributed by atoms with Crippen LogP contribution in [0, 0.1) is 0 Å². The molecule has 0 aromatic heterocycles.